The zero-order valence-corrected chi connectivity index (χ0v) is 18.6. The molecular formula is C24H24N4O2S. The van der Waals surface area contributed by atoms with Gasteiger partial charge in [-0.1, -0.05) is 29.5 Å². The van der Waals surface area contributed by atoms with Gasteiger partial charge >= 0.3 is 0 Å². The van der Waals surface area contributed by atoms with Gasteiger partial charge in [0, 0.05) is 18.1 Å². The molecule has 1 amide bonds. The number of carbonyl (C=O) groups is 1. The Bertz CT molecular complexity index is 1160. The fourth-order valence-electron chi connectivity index (χ4n) is 4.00. The molecule has 1 aliphatic rings. The Morgan fingerprint density at radius 1 is 1.26 bits per heavy atom. The molecule has 0 spiro atoms. The monoisotopic (exact) mass is 432 g/mol. The van der Waals surface area contributed by atoms with Crippen LogP contribution in [0.15, 0.2) is 36.4 Å². The Morgan fingerprint density at radius 3 is 2.81 bits per heavy atom. The van der Waals surface area contributed by atoms with Gasteiger partial charge in [-0.15, -0.1) is 10.2 Å². The van der Waals surface area contributed by atoms with Gasteiger partial charge in [0.1, 0.15) is 21.8 Å². The number of nitrogens with one attached hydrogen (secondary N) is 1. The van der Waals surface area contributed by atoms with Crippen molar-refractivity contribution in [3.63, 3.8) is 0 Å². The third-order valence-electron chi connectivity index (χ3n) is 5.25. The fraction of sp³-hybridized carbons (Fsp3) is 0.333. The van der Waals surface area contributed by atoms with E-state index in [2.05, 4.69) is 33.7 Å². The van der Waals surface area contributed by atoms with Gasteiger partial charge in [-0.25, -0.2) is 0 Å². The molecular weight excluding hydrogens is 408 g/mol. The lowest BCUT2D eigenvalue weighted by molar-refractivity contribution is -0.119. The fourth-order valence-corrected chi connectivity index (χ4v) is 4.89. The highest BCUT2D eigenvalue weighted by Gasteiger charge is 2.24. The van der Waals surface area contributed by atoms with Gasteiger partial charge in [0.25, 0.3) is 0 Å². The van der Waals surface area contributed by atoms with Crippen LogP contribution >= 0.6 is 11.3 Å². The first-order valence-electron chi connectivity index (χ1n) is 10.4. The molecule has 0 saturated carbocycles. The summed E-state index contributed by atoms with van der Waals surface area (Å²) in [6, 6.07) is 14.0. The van der Waals surface area contributed by atoms with Crippen LogP contribution in [0, 0.1) is 11.3 Å². The predicted molar refractivity (Wildman–Crippen MR) is 121 cm³/mol. The van der Waals surface area contributed by atoms with Crippen molar-refractivity contribution in [2.45, 2.75) is 52.2 Å². The van der Waals surface area contributed by atoms with Crippen molar-refractivity contribution in [1.29, 1.82) is 5.26 Å². The maximum atomic E-state index is 11.6. The topological polar surface area (TPSA) is 87.9 Å². The molecule has 1 atom stereocenters. The van der Waals surface area contributed by atoms with Gasteiger partial charge in [-0.05, 0) is 62.4 Å². The minimum atomic E-state index is -0.0142. The van der Waals surface area contributed by atoms with Crippen molar-refractivity contribution in [2.24, 2.45) is 0 Å². The van der Waals surface area contributed by atoms with Crippen LogP contribution in [0.25, 0.3) is 21.1 Å². The SMILES string of the molecule is CC(=O)NC1CCCc2c(-c3nnc(-c4ccc(OC(C)C)c(C#N)c4)s3)cccc21. The summed E-state index contributed by atoms with van der Waals surface area (Å²) in [5, 5.41) is 23.0. The van der Waals surface area contributed by atoms with E-state index in [1.165, 1.54) is 16.9 Å². The van der Waals surface area contributed by atoms with Crippen molar-refractivity contribution in [1.82, 2.24) is 15.5 Å². The average Bonchev–Trinajstić information content (AvgIpc) is 3.23. The number of carbonyl (C=O) groups excluding carboxylic acids is 1. The number of ether oxygens (including phenoxy) is 1. The van der Waals surface area contributed by atoms with Gasteiger partial charge in [0.2, 0.25) is 5.91 Å². The number of amides is 1. The van der Waals surface area contributed by atoms with E-state index >= 15 is 0 Å². The van der Waals surface area contributed by atoms with E-state index in [-0.39, 0.29) is 18.1 Å². The number of rotatable bonds is 5. The second kappa shape index (κ2) is 8.86. The summed E-state index contributed by atoms with van der Waals surface area (Å²) in [4.78, 5) is 11.6. The molecule has 0 fully saturated rings. The van der Waals surface area contributed by atoms with Crippen LogP contribution in [0.2, 0.25) is 0 Å². The minimum absolute atomic E-state index is 0.00310. The molecule has 2 aromatic carbocycles. The molecule has 1 N–H and O–H groups in total. The smallest absolute Gasteiger partial charge is 0.217 e. The van der Waals surface area contributed by atoms with E-state index in [0.717, 1.165) is 46.0 Å². The van der Waals surface area contributed by atoms with Gasteiger partial charge in [0.05, 0.1) is 17.7 Å². The third kappa shape index (κ3) is 4.44. The number of nitrogens with zero attached hydrogens (tertiary/aromatic N) is 3. The molecule has 158 valence electrons. The Hall–Kier alpha value is -3.24. The minimum Gasteiger partial charge on any atom is -0.490 e. The summed E-state index contributed by atoms with van der Waals surface area (Å²) in [6.07, 6.45) is 2.91. The van der Waals surface area contributed by atoms with Gasteiger partial charge < -0.3 is 10.1 Å². The standard InChI is InChI=1S/C24H24N4O2S/c1-14(2)30-22-11-10-16(12-17(22)13-25)23-27-28-24(31-23)20-8-4-7-19-18(20)6-5-9-21(19)26-15(3)29/h4,7-8,10-12,14,21H,5-6,9H2,1-3H3,(H,26,29). The maximum absolute atomic E-state index is 11.6. The summed E-state index contributed by atoms with van der Waals surface area (Å²) in [5.74, 6) is 0.562. The van der Waals surface area contributed by atoms with Crippen LogP contribution < -0.4 is 10.1 Å². The van der Waals surface area contributed by atoms with Gasteiger partial charge in [-0.2, -0.15) is 5.26 Å². The molecule has 31 heavy (non-hydrogen) atoms. The first-order chi connectivity index (χ1) is 15.0. The van der Waals surface area contributed by atoms with E-state index in [4.69, 9.17) is 4.74 Å². The Labute approximate surface area is 185 Å². The van der Waals surface area contributed by atoms with Crippen molar-refractivity contribution in [3.8, 4) is 33.0 Å². The van der Waals surface area contributed by atoms with Gasteiger partial charge in [-0.3, -0.25) is 4.79 Å². The Kier molecular flexibility index (Phi) is 6.01. The van der Waals surface area contributed by atoms with E-state index < -0.39 is 0 Å². The van der Waals surface area contributed by atoms with E-state index in [1.807, 2.05) is 32.0 Å². The molecule has 0 saturated heterocycles. The zero-order chi connectivity index (χ0) is 22.0. The second-order valence-corrected chi connectivity index (χ2v) is 8.90. The molecule has 4 rings (SSSR count). The van der Waals surface area contributed by atoms with Crippen LogP contribution in [0.3, 0.4) is 0 Å². The molecule has 1 heterocycles. The maximum Gasteiger partial charge on any atom is 0.217 e. The van der Waals surface area contributed by atoms with Crippen molar-refractivity contribution in [2.75, 3.05) is 0 Å². The summed E-state index contributed by atoms with van der Waals surface area (Å²) in [6.45, 7) is 5.42. The number of nitriles is 1. The first-order valence-corrected chi connectivity index (χ1v) is 11.2. The Morgan fingerprint density at radius 2 is 2.06 bits per heavy atom. The van der Waals surface area contributed by atoms with Gasteiger partial charge in [0.15, 0.2) is 0 Å². The predicted octanol–water partition coefficient (Wildman–Crippen LogP) is 5.04. The van der Waals surface area contributed by atoms with E-state index in [1.54, 1.807) is 13.0 Å². The quantitative estimate of drug-likeness (QED) is 0.610. The molecule has 0 bridgehead atoms. The highest BCUT2D eigenvalue weighted by atomic mass is 32.1. The summed E-state index contributed by atoms with van der Waals surface area (Å²) >= 11 is 1.51. The molecule has 1 unspecified atom stereocenters. The summed E-state index contributed by atoms with van der Waals surface area (Å²) < 4.78 is 5.72. The lowest BCUT2D eigenvalue weighted by Crippen LogP contribution is -2.29. The van der Waals surface area contributed by atoms with Crippen LogP contribution in [-0.2, 0) is 11.2 Å². The lowest BCUT2D eigenvalue weighted by atomic mass is 9.85. The molecule has 3 aromatic rings. The zero-order valence-electron chi connectivity index (χ0n) is 17.8. The van der Waals surface area contributed by atoms with E-state index in [9.17, 15) is 10.1 Å². The number of aromatic nitrogens is 2. The van der Waals surface area contributed by atoms with Crippen molar-refractivity contribution < 1.29 is 9.53 Å². The largest absolute Gasteiger partial charge is 0.490 e. The third-order valence-corrected chi connectivity index (χ3v) is 6.26. The normalized spacial score (nSPS) is 15.3. The molecule has 0 radical (unpaired) electrons. The number of benzene rings is 2. The lowest BCUT2D eigenvalue weighted by Gasteiger charge is -2.27. The number of hydrogen-bond donors (Lipinski definition) is 1. The van der Waals surface area contributed by atoms with Crippen molar-refractivity contribution >= 4 is 17.2 Å². The average molecular weight is 433 g/mol. The second-order valence-electron chi connectivity index (χ2n) is 7.92. The molecule has 1 aliphatic carbocycles. The number of fused-ring (bicyclic) bond motifs is 1. The van der Waals surface area contributed by atoms with E-state index in [0.29, 0.717) is 11.3 Å². The molecule has 7 heteroatoms. The van der Waals surface area contributed by atoms with Crippen LogP contribution in [0.1, 0.15) is 56.3 Å². The van der Waals surface area contributed by atoms with Crippen LogP contribution in [-0.4, -0.2) is 22.2 Å². The Balaban J connectivity index is 1.68. The highest BCUT2D eigenvalue weighted by Crippen LogP contribution is 2.39. The van der Waals surface area contributed by atoms with Crippen LogP contribution in [0.5, 0.6) is 5.75 Å². The summed E-state index contributed by atoms with van der Waals surface area (Å²) in [5.41, 5.74) is 4.79. The highest BCUT2D eigenvalue weighted by molar-refractivity contribution is 7.17. The van der Waals surface area contributed by atoms with Crippen LogP contribution in [0.4, 0.5) is 0 Å². The summed E-state index contributed by atoms with van der Waals surface area (Å²) in [7, 11) is 0. The number of hydrogen-bond acceptors (Lipinski definition) is 6. The molecule has 6 nitrogen and oxygen atoms in total. The molecule has 0 aliphatic heterocycles. The first kappa shape index (κ1) is 21.0. The molecule has 1 aromatic heterocycles. The van der Waals surface area contributed by atoms with Crippen molar-refractivity contribution in [3.05, 3.63) is 53.1 Å².